The maximum absolute atomic E-state index is 11.9. The SMILES string of the molecule is Cl.O=C(Cc1ccc2c(c1)OCO2)NCCC1CCNC1. The predicted molar refractivity (Wildman–Crippen MR) is 82.1 cm³/mol. The van der Waals surface area contributed by atoms with Crippen molar-refractivity contribution in [2.75, 3.05) is 26.4 Å². The van der Waals surface area contributed by atoms with Gasteiger partial charge in [-0.05, 0) is 49.5 Å². The minimum Gasteiger partial charge on any atom is -0.454 e. The second kappa shape index (κ2) is 7.52. The Kier molecular flexibility index (Phi) is 5.70. The van der Waals surface area contributed by atoms with Crippen LogP contribution in [0.25, 0.3) is 0 Å². The molecule has 1 aromatic rings. The van der Waals surface area contributed by atoms with Crippen LogP contribution in [0.3, 0.4) is 0 Å². The van der Waals surface area contributed by atoms with Crippen LogP contribution in [0.5, 0.6) is 11.5 Å². The van der Waals surface area contributed by atoms with Gasteiger partial charge in [-0.25, -0.2) is 0 Å². The van der Waals surface area contributed by atoms with E-state index in [1.807, 2.05) is 18.2 Å². The van der Waals surface area contributed by atoms with Crippen molar-refractivity contribution in [2.24, 2.45) is 5.92 Å². The molecular formula is C15H21ClN2O3. The molecule has 2 heterocycles. The van der Waals surface area contributed by atoms with E-state index in [1.165, 1.54) is 6.42 Å². The fraction of sp³-hybridized carbons (Fsp3) is 0.533. The third-order valence-electron chi connectivity index (χ3n) is 3.84. The second-order valence-electron chi connectivity index (χ2n) is 5.36. The first kappa shape index (κ1) is 15.9. The Morgan fingerprint density at radius 2 is 2.19 bits per heavy atom. The Bertz CT molecular complexity index is 490. The molecule has 6 heteroatoms. The van der Waals surface area contributed by atoms with Crippen molar-refractivity contribution in [2.45, 2.75) is 19.3 Å². The highest BCUT2D eigenvalue weighted by molar-refractivity contribution is 5.85. The summed E-state index contributed by atoms with van der Waals surface area (Å²) in [6.07, 6.45) is 2.66. The zero-order chi connectivity index (χ0) is 13.8. The first-order valence-electron chi connectivity index (χ1n) is 7.17. The molecule has 0 aliphatic carbocycles. The number of amides is 1. The van der Waals surface area contributed by atoms with Crippen molar-refractivity contribution in [3.8, 4) is 11.5 Å². The summed E-state index contributed by atoms with van der Waals surface area (Å²) in [5.74, 6) is 2.26. The van der Waals surface area contributed by atoms with E-state index in [0.29, 0.717) is 12.3 Å². The summed E-state index contributed by atoms with van der Waals surface area (Å²) in [6, 6.07) is 5.64. The van der Waals surface area contributed by atoms with Gasteiger partial charge in [-0.15, -0.1) is 12.4 Å². The van der Waals surface area contributed by atoms with E-state index >= 15 is 0 Å². The number of fused-ring (bicyclic) bond motifs is 1. The molecule has 1 amide bonds. The smallest absolute Gasteiger partial charge is 0.231 e. The average Bonchev–Trinajstić information content (AvgIpc) is 3.08. The molecule has 1 fully saturated rings. The van der Waals surface area contributed by atoms with Gasteiger partial charge in [0.25, 0.3) is 0 Å². The molecule has 1 saturated heterocycles. The highest BCUT2D eigenvalue weighted by Gasteiger charge is 2.16. The van der Waals surface area contributed by atoms with E-state index in [2.05, 4.69) is 10.6 Å². The number of carbonyl (C=O) groups excluding carboxylic acids is 1. The molecule has 0 radical (unpaired) electrons. The third kappa shape index (κ3) is 4.25. The van der Waals surface area contributed by atoms with Gasteiger partial charge in [-0.1, -0.05) is 6.07 Å². The van der Waals surface area contributed by atoms with Crippen LogP contribution in [0.15, 0.2) is 18.2 Å². The van der Waals surface area contributed by atoms with E-state index in [-0.39, 0.29) is 25.1 Å². The van der Waals surface area contributed by atoms with Crippen LogP contribution in [-0.4, -0.2) is 32.3 Å². The Morgan fingerprint density at radius 3 is 3.00 bits per heavy atom. The Hall–Kier alpha value is -1.46. The van der Waals surface area contributed by atoms with Crippen molar-refractivity contribution in [1.82, 2.24) is 10.6 Å². The first-order chi connectivity index (χ1) is 9.81. The molecule has 3 rings (SSSR count). The zero-order valence-electron chi connectivity index (χ0n) is 11.9. The molecule has 0 spiro atoms. The van der Waals surface area contributed by atoms with Gasteiger partial charge in [0, 0.05) is 6.54 Å². The molecule has 2 aliphatic heterocycles. The Labute approximate surface area is 130 Å². The number of hydrogen-bond acceptors (Lipinski definition) is 4. The molecule has 1 atom stereocenters. The summed E-state index contributed by atoms with van der Waals surface area (Å²) >= 11 is 0. The number of hydrogen-bond donors (Lipinski definition) is 2. The lowest BCUT2D eigenvalue weighted by atomic mass is 10.1. The van der Waals surface area contributed by atoms with Crippen LogP contribution in [0.4, 0.5) is 0 Å². The van der Waals surface area contributed by atoms with Gasteiger partial charge < -0.3 is 20.1 Å². The number of nitrogens with one attached hydrogen (secondary N) is 2. The number of benzene rings is 1. The van der Waals surface area contributed by atoms with Gasteiger partial charge >= 0.3 is 0 Å². The zero-order valence-corrected chi connectivity index (χ0v) is 12.7. The maximum Gasteiger partial charge on any atom is 0.231 e. The van der Waals surface area contributed by atoms with Crippen molar-refractivity contribution in [3.63, 3.8) is 0 Å². The van der Waals surface area contributed by atoms with Gasteiger partial charge in [0.2, 0.25) is 12.7 Å². The number of carbonyl (C=O) groups is 1. The molecule has 0 aromatic heterocycles. The first-order valence-corrected chi connectivity index (χ1v) is 7.17. The Balaban J connectivity index is 0.00000161. The van der Waals surface area contributed by atoms with Gasteiger partial charge in [0.1, 0.15) is 0 Å². The average molecular weight is 313 g/mol. The molecule has 0 saturated carbocycles. The third-order valence-corrected chi connectivity index (χ3v) is 3.84. The lowest BCUT2D eigenvalue weighted by molar-refractivity contribution is -0.120. The normalized spacial score (nSPS) is 19.1. The molecule has 1 aromatic carbocycles. The van der Waals surface area contributed by atoms with E-state index in [9.17, 15) is 4.79 Å². The molecule has 2 N–H and O–H groups in total. The van der Waals surface area contributed by atoms with E-state index < -0.39 is 0 Å². The largest absolute Gasteiger partial charge is 0.454 e. The summed E-state index contributed by atoms with van der Waals surface area (Å²) in [7, 11) is 0. The lowest BCUT2D eigenvalue weighted by Crippen LogP contribution is -2.27. The van der Waals surface area contributed by atoms with Gasteiger partial charge in [0.15, 0.2) is 11.5 Å². The van der Waals surface area contributed by atoms with Crippen LogP contribution in [0.1, 0.15) is 18.4 Å². The molecule has 1 unspecified atom stereocenters. The van der Waals surface area contributed by atoms with Gasteiger partial charge in [-0.3, -0.25) is 4.79 Å². The Morgan fingerprint density at radius 1 is 1.33 bits per heavy atom. The summed E-state index contributed by atoms with van der Waals surface area (Å²) in [6.45, 7) is 3.21. The molecule has 5 nitrogen and oxygen atoms in total. The summed E-state index contributed by atoms with van der Waals surface area (Å²) in [4.78, 5) is 11.9. The number of halogens is 1. The van der Waals surface area contributed by atoms with Crippen LogP contribution in [-0.2, 0) is 11.2 Å². The van der Waals surface area contributed by atoms with E-state index in [4.69, 9.17) is 9.47 Å². The standard InChI is InChI=1S/C15H20N2O3.ClH/c18-15(17-6-4-11-3-5-16-9-11)8-12-1-2-13-14(7-12)20-10-19-13;/h1-2,7,11,16H,3-6,8-10H2,(H,17,18);1H. The minimum atomic E-state index is 0. The second-order valence-corrected chi connectivity index (χ2v) is 5.36. The highest BCUT2D eigenvalue weighted by atomic mass is 35.5. The number of rotatable bonds is 5. The summed E-state index contributed by atoms with van der Waals surface area (Å²) < 4.78 is 10.6. The quantitative estimate of drug-likeness (QED) is 0.865. The highest BCUT2D eigenvalue weighted by Crippen LogP contribution is 2.32. The number of ether oxygens (including phenoxy) is 2. The fourth-order valence-electron chi connectivity index (χ4n) is 2.68. The molecule has 21 heavy (non-hydrogen) atoms. The van der Waals surface area contributed by atoms with Crippen LogP contribution >= 0.6 is 12.4 Å². The van der Waals surface area contributed by atoms with E-state index in [0.717, 1.165) is 43.1 Å². The van der Waals surface area contributed by atoms with Gasteiger partial charge in [-0.2, -0.15) is 0 Å². The molecule has 116 valence electrons. The minimum absolute atomic E-state index is 0. The monoisotopic (exact) mass is 312 g/mol. The van der Waals surface area contributed by atoms with E-state index in [1.54, 1.807) is 0 Å². The predicted octanol–water partition coefficient (Wildman–Crippen LogP) is 1.50. The van der Waals surface area contributed by atoms with Crippen LogP contribution < -0.4 is 20.1 Å². The molecule has 0 bridgehead atoms. The topological polar surface area (TPSA) is 59.6 Å². The fourth-order valence-corrected chi connectivity index (χ4v) is 2.68. The van der Waals surface area contributed by atoms with Crippen molar-refractivity contribution in [1.29, 1.82) is 0 Å². The van der Waals surface area contributed by atoms with Gasteiger partial charge in [0.05, 0.1) is 6.42 Å². The molecule has 2 aliphatic rings. The van der Waals surface area contributed by atoms with Crippen LogP contribution in [0, 0.1) is 5.92 Å². The van der Waals surface area contributed by atoms with Crippen molar-refractivity contribution >= 4 is 18.3 Å². The van der Waals surface area contributed by atoms with Crippen molar-refractivity contribution < 1.29 is 14.3 Å². The molecular weight excluding hydrogens is 292 g/mol. The summed E-state index contributed by atoms with van der Waals surface area (Å²) in [5, 5.41) is 6.32. The van der Waals surface area contributed by atoms with Crippen LogP contribution in [0.2, 0.25) is 0 Å². The maximum atomic E-state index is 11.9. The van der Waals surface area contributed by atoms with Crippen molar-refractivity contribution in [3.05, 3.63) is 23.8 Å². The summed E-state index contributed by atoms with van der Waals surface area (Å²) in [5.41, 5.74) is 0.953. The lowest BCUT2D eigenvalue weighted by Gasteiger charge is -2.09.